The van der Waals surface area contributed by atoms with E-state index in [2.05, 4.69) is 59.1 Å². The summed E-state index contributed by atoms with van der Waals surface area (Å²) in [5, 5.41) is 3.63. The Hall–Kier alpha value is -0.550. The highest BCUT2D eigenvalue weighted by Crippen LogP contribution is 2.28. The highest BCUT2D eigenvalue weighted by molar-refractivity contribution is 14.1. The maximum Gasteiger partial charge on any atom is 0.0876 e. The van der Waals surface area contributed by atoms with Crippen molar-refractivity contribution in [2.75, 3.05) is 13.2 Å². The SMILES string of the molecule is CCCNC(C1=COCCC1)c1cccc(I)c1. The second kappa shape index (κ2) is 7.14. The number of ether oxygens (including phenoxy) is 1. The molecular formula is C15H20INO. The van der Waals surface area contributed by atoms with Crippen LogP contribution in [-0.4, -0.2) is 13.2 Å². The fourth-order valence-electron chi connectivity index (χ4n) is 2.23. The second-order valence-corrected chi connectivity index (χ2v) is 5.85. The molecule has 1 unspecified atom stereocenters. The summed E-state index contributed by atoms with van der Waals surface area (Å²) in [6, 6.07) is 9.02. The molecule has 1 atom stereocenters. The summed E-state index contributed by atoms with van der Waals surface area (Å²) in [7, 11) is 0. The summed E-state index contributed by atoms with van der Waals surface area (Å²) in [5.41, 5.74) is 2.71. The molecule has 1 aromatic rings. The quantitative estimate of drug-likeness (QED) is 0.804. The average molecular weight is 357 g/mol. The van der Waals surface area contributed by atoms with E-state index in [1.54, 1.807) is 0 Å². The van der Waals surface area contributed by atoms with Crippen LogP contribution in [0, 0.1) is 3.57 Å². The molecule has 0 spiro atoms. The molecule has 0 radical (unpaired) electrons. The van der Waals surface area contributed by atoms with E-state index >= 15 is 0 Å². The Labute approximate surface area is 123 Å². The molecule has 2 nitrogen and oxygen atoms in total. The first-order chi connectivity index (χ1) is 8.81. The van der Waals surface area contributed by atoms with Crippen LogP contribution in [0.4, 0.5) is 0 Å². The molecule has 1 aromatic carbocycles. The molecule has 1 aliphatic rings. The zero-order valence-corrected chi connectivity index (χ0v) is 12.9. The van der Waals surface area contributed by atoms with Gasteiger partial charge in [0.25, 0.3) is 0 Å². The van der Waals surface area contributed by atoms with Crippen LogP contribution in [0.25, 0.3) is 0 Å². The first-order valence-corrected chi connectivity index (χ1v) is 7.68. The summed E-state index contributed by atoms with van der Waals surface area (Å²) in [4.78, 5) is 0. The van der Waals surface area contributed by atoms with E-state index in [0.717, 1.165) is 32.4 Å². The number of rotatable bonds is 5. The van der Waals surface area contributed by atoms with Crippen LogP contribution < -0.4 is 5.32 Å². The van der Waals surface area contributed by atoms with Crippen molar-refractivity contribution in [2.24, 2.45) is 0 Å². The van der Waals surface area contributed by atoms with Crippen molar-refractivity contribution < 1.29 is 4.74 Å². The highest BCUT2D eigenvalue weighted by Gasteiger charge is 2.18. The summed E-state index contributed by atoms with van der Waals surface area (Å²) in [6.45, 7) is 4.09. The molecule has 0 aliphatic carbocycles. The van der Waals surface area contributed by atoms with Gasteiger partial charge in [-0.3, -0.25) is 0 Å². The molecule has 0 saturated heterocycles. The molecule has 1 aliphatic heterocycles. The first kappa shape index (κ1) is 13.9. The molecule has 2 rings (SSSR count). The fourth-order valence-corrected chi connectivity index (χ4v) is 2.80. The molecule has 3 heteroatoms. The third-order valence-electron chi connectivity index (χ3n) is 3.11. The Morgan fingerprint density at radius 1 is 1.44 bits per heavy atom. The van der Waals surface area contributed by atoms with Gasteiger partial charge in [-0.25, -0.2) is 0 Å². The van der Waals surface area contributed by atoms with E-state index in [4.69, 9.17) is 4.74 Å². The van der Waals surface area contributed by atoms with Crippen LogP contribution in [0.2, 0.25) is 0 Å². The Morgan fingerprint density at radius 2 is 2.33 bits per heavy atom. The lowest BCUT2D eigenvalue weighted by Crippen LogP contribution is -2.25. The first-order valence-electron chi connectivity index (χ1n) is 6.60. The minimum absolute atomic E-state index is 0.306. The predicted molar refractivity (Wildman–Crippen MR) is 83.5 cm³/mol. The Bertz CT molecular complexity index is 417. The maximum absolute atomic E-state index is 5.49. The van der Waals surface area contributed by atoms with Crippen LogP contribution in [0.5, 0.6) is 0 Å². The Kier molecular flexibility index (Phi) is 5.50. The zero-order chi connectivity index (χ0) is 12.8. The largest absolute Gasteiger partial charge is 0.501 e. The summed E-state index contributed by atoms with van der Waals surface area (Å²) >= 11 is 2.37. The van der Waals surface area contributed by atoms with Crippen LogP contribution >= 0.6 is 22.6 Å². The number of benzene rings is 1. The molecule has 98 valence electrons. The predicted octanol–water partition coefficient (Wildman–Crippen LogP) is 4.03. The number of nitrogens with one attached hydrogen (secondary N) is 1. The van der Waals surface area contributed by atoms with Crippen molar-refractivity contribution in [2.45, 2.75) is 32.2 Å². The lowest BCUT2D eigenvalue weighted by atomic mass is 9.95. The lowest BCUT2D eigenvalue weighted by molar-refractivity contribution is 0.219. The number of hydrogen-bond acceptors (Lipinski definition) is 2. The van der Waals surface area contributed by atoms with Gasteiger partial charge in [0.15, 0.2) is 0 Å². The van der Waals surface area contributed by atoms with E-state index in [0.29, 0.717) is 6.04 Å². The molecule has 0 amide bonds. The van der Waals surface area contributed by atoms with Gasteiger partial charge in [-0.1, -0.05) is 19.1 Å². The smallest absolute Gasteiger partial charge is 0.0876 e. The van der Waals surface area contributed by atoms with Gasteiger partial charge >= 0.3 is 0 Å². The van der Waals surface area contributed by atoms with Crippen LogP contribution in [0.15, 0.2) is 36.1 Å². The molecule has 0 fully saturated rings. The van der Waals surface area contributed by atoms with Crippen molar-refractivity contribution >= 4 is 22.6 Å². The molecule has 0 aromatic heterocycles. The van der Waals surface area contributed by atoms with Crippen LogP contribution in [0.3, 0.4) is 0 Å². The van der Waals surface area contributed by atoms with Gasteiger partial charge in [-0.2, -0.15) is 0 Å². The van der Waals surface area contributed by atoms with Crippen LogP contribution in [0.1, 0.15) is 37.8 Å². The second-order valence-electron chi connectivity index (χ2n) is 4.61. The van der Waals surface area contributed by atoms with E-state index in [-0.39, 0.29) is 0 Å². The Balaban J connectivity index is 2.21. The number of hydrogen-bond donors (Lipinski definition) is 1. The summed E-state index contributed by atoms with van der Waals surface area (Å²) in [6.07, 6.45) is 5.36. The zero-order valence-electron chi connectivity index (χ0n) is 10.8. The van der Waals surface area contributed by atoms with Crippen LogP contribution in [-0.2, 0) is 4.74 Å². The van der Waals surface area contributed by atoms with Gasteiger partial charge in [-0.15, -0.1) is 0 Å². The molecule has 18 heavy (non-hydrogen) atoms. The van der Waals surface area contributed by atoms with E-state index < -0.39 is 0 Å². The third-order valence-corrected chi connectivity index (χ3v) is 3.78. The minimum Gasteiger partial charge on any atom is -0.501 e. The van der Waals surface area contributed by atoms with E-state index in [1.165, 1.54) is 14.7 Å². The highest BCUT2D eigenvalue weighted by atomic mass is 127. The van der Waals surface area contributed by atoms with E-state index in [1.807, 2.05) is 6.26 Å². The van der Waals surface area contributed by atoms with Gasteiger partial charge in [0, 0.05) is 3.57 Å². The topological polar surface area (TPSA) is 21.3 Å². The molecule has 1 heterocycles. The fraction of sp³-hybridized carbons (Fsp3) is 0.467. The molecule has 0 bridgehead atoms. The third kappa shape index (κ3) is 3.72. The monoisotopic (exact) mass is 357 g/mol. The minimum atomic E-state index is 0.306. The van der Waals surface area contributed by atoms with Gasteiger partial charge in [-0.05, 0) is 71.7 Å². The van der Waals surface area contributed by atoms with E-state index in [9.17, 15) is 0 Å². The van der Waals surface area contributed by atoms with Crippen molar-refractivity contribution in [1.82, 2.24) is 5.32 Å². The van der Waals surface area contributed by atoms with Gasteiger partial charge < -0.3 is 10.1 Å². The number of halogens is 1. The molecule has 1 N–H and O–H groups in total. The molecular weight excluding hydrogens is 337 g/mol. The van der Waals surface area contributed by atoms with Crippen molar-refractivity contribution in [1.29, 1.82) is 0 Å². The van der Waals surface area contributed by atoms with Gasteiger partial charge in [0.05, 0.1) is 18.9 Å². The summed E-state index contributed by atoms with van der Waals surface area (Å²) in [5.74, 6) is 0. The molecule has 0 saturated carbocycles. The normalized spacial score (nSPS) is 16.9. The van der Waals surface area contributed by atoms with Gasteiger partial charge in [0.2, 0.25) is 0 Å². The maximum atomic E-state index is 5.49. The average Bonchev–Trinajstić information content (AvgIpc) is 2.40. The van der Waals surface area contributed by atoms with Crippen molar-refractivity contribution in [3.63, 3.8) is 0 Å². The standard InChI is InChI=1S/C15H20INO/c1-2-8-17-15(13-6-4-9-18-11-13)12-5-3-7-14(16)10-12/h3,5,7,10-11,15,17H,2,4,6,8-9H2,1H3. The lowest BCUT2D eigenvalue weighted by Gasteiger charge is -2.25. The van der Waals surface area contributed by atoms with Crippen molar-refractivity contribution in [3.8, 4) is 0 Å². The van der Waals surface area contributed by atoms with Gasteiger partial charge in [0.1, 0.15) is 0 Å². The van der Waals surface area contributed by atoms with Crippen molar-refractivity contribution in [3.05, 3.63) is 45.2 Å². The Morgan fingerprint density at radius 3 is 3.00 bits per heavy atom. The summed E-state index contributed by atoms with van der Waals surface area (Å²) < 4.78 is 6.77.